The first kappa shape index (κ1) is 12.8. The van der Waals surface area contributed by atoms with Gasteiger partial charge in [0, 0.05) is 6.04 Å². The van der Waals surface area contributed by atoms with Gasteiger partial charge in [-0.05, 0) is 19.3 Å². The molecule has 0 spiro atoms. The van der Waals surface area contributed by atoms with Gasteiger partial charge in [-0.1, -0.05) is 19.1 Å². The number of imide groups is 1. The predicted molar refractivity (Wildman–Crippen MR) is 63.5 cm³/mol. The Morgan fingerprint density at radius 2 is 1.83 bits per heavy atom. The average Bonchev–Trinajstić information content (AvgIpc) is 2.60. The van der Waals surface area contributed by atoms with E-state index in [-0.39, 0.29) is 30.1 Å². The fourth-order valence-electron chi connectivity index (χ4n) is 2.81. The monoisotopic (exact) mass is 251 g/mol. The average molecular weight is 251 g/mol. The van der Waals surface area contributed by atoms with Gasteiger partial charge in [0.1, 0.15) is 0 Å². The Kier molecular flexibility index (Phi) is 3.50. The Bertz CT molecular complexity index is 389. The topological polar surface area (TPSA) is 74.7 Å². The van der Waals surface area contributed by atoms with Crippen LogP contribution in [-0.2, 0) is 14.4 Å². The maximum Gasteiger partial charge on any atom is 0.305 e. The van der Waals surface area contributed by atoms with Crippen LogP contribution < -0.4 is 0 Å². The Morgan fingerprint density at radius 3 is 2.22 bits per heavy atom. The molecule has 1 aliphatic heterocycles. The number of amides is 2. The summed E-state index contributed by atoms with van der Waals surface area (Å²) in [6, 6.07) is -0.506. The molecule has 0 aromatic carbocycles. The predicted octanol–water partition coefficient (Wildman–Crippen LogP) is 1.19. The number of likely N-dealkylation sites (tertiary alicyclic amines) is 1. The molecule has 0 aromatic rings. The van der Waals surface area contributed by atoms with Crippen LogP contribution in [-0.4, -0.2) is 33.8 Å². The van der Waals surface area contributed by atoms with E-state index in [2.05, 4.69) is 0 Å². The normalized spacial score (nSPS) is 28.4. The molecular weight excluding hydrogens is 234 g/mol. The van der Waals surface area contributed by atoms with E-state index in [1.165, 1.54) is 4.90 Å². The summed E-state index contributed by atoms with van der Waals surface area (Å²) in [5.41, 5.74) is 0. The van der Waals surface area contributed by atoms with Crippen molar-refractivity contribution in [2.24, 2.45) is 11.8 Å². The number of allylic oxidation sites excluding steroid dienone is 2. The van der Waals surface area contributed by atoms with Crippen LogP contribution in [0.5, 0.6) is 0 Å². The van der Waals surface area contributed by atoms with Crippen molar-refractivity contribution in [3.8, 4) is 0 Å². The second-order valence-corrected chi connectivity index (χ2v) is 4.86. The molecule has 98 valence electrons. The maximum absolute atomic E-state index is 12.2. The molecule has 0 bridgehead atoms. The van der Waals surface area contributed by atoms with Crippen LogP contribution in [0.15, 0.2) is 12.2 Å². The molecule has 1 fully saturated rings. The zero-order valence-corrected chi connectivity index (χ0v) is 10.3. The summed E-state index contributed by atoms with van der Waals surface area (Å²) in [5, 5.41) is 8.84. The van der Waals surface area contributed by atoms with Crippen LogP contribution in [0.3, 0.4) is 0 Å². The van der Waals surface area contributed by atoms with E-state index in [1.807, 2.05) is 12.2 Å². The zero-order chi connectivity index (χ0) is 13.3. The second kappa shape index (κ2) is 4.92. The summed E-state index contributed by atoms with van der Waals surface area (Å²) in [6.07, 6.45) is 5.35. The van der Waals surface area contributed by atoms with Crippen molar-refractivity contribution >= 4 is 17.8 Å². The minimum Gasteiger partial charge on any atom is -0.481 e. The highest BCUT2D eigenvalue weighted by Gasteiger charge is 2.49. The van der Waals surface area contributed by atoms with Crippen LogP contribution in [0, 0.1) is 11.8 Å². The van der Waals surface area contributed by atoms with Crippen LogP contribution in [0.4, 0.5) is 0 Å². The molecule has 2 amide bonds. The molecule has 0 aromatic heterocycles. The zero-order valence-electron chi connectivity index (χ0n) is 10.3. The van der Waals surface area contributed by atoms with Gasteiger partial charge in [-0.3, -0.25) is 19.3 Å². The van der Waals surface area contributed by atoms with Gasteiger partial charge in [-0.2, -0.15) is 0 Å². The van der Waals surface area contributed by atoms with E-state index in [1.54, 1.807) is 6.92 Å². The van der Waals surface area contributed by atoms with E-state index in [0.717, 1.165) is 0 Å². The quantitative estimate of drug-likeness (QED) is 0.601. The highest BCUT2D eigenvalue weighted by molar-refractivity contribution is 6.06. The van der Waals surface area contributed by atoms with Gasteiger partial charge in [-0.25, -0.2) is 0 Å². The number of carboxylic acids is 1. The molecule has 2 rings (SSSR count). The molecule has 1 heterocycles. The van der Waals surface area contributed by atoms with Crippen molar-refractivity contribution in [1.29, 1.82) is 0 Å². The molecule has 2 aliphatic rings. The molecule has 0 radical (unpaired) electrons. The third kappa shape index (κ3) is 2.05. The Labute approximate surface area is 105 Å². The van der Waals surface area contributed by atoms with E-state index in [4.69, 9.17) is 5.11 Å². The Balaban J connectivity index is 2.21. The van der Waals surface area contributed by atoms with E-state index < -0.39 is 12.0 Å². The highest BCUT2D eigenvalue weighted by atomic mass is 16.4. The van der Waals surface area contributed by atoms with Gasteiger partial charge in [0.25, 0.3) is 0 Å². The van der Waals surface area contributed by atoms with Crippen LogP contribution >= 0.6 is 0 Å². The van der Waals surface area contributed by atoms with Gasteiger partial charge in [0.2, 0.25) is 11.8 Å². The number of nitrogens with zero attached hydrogens (tertiary/aromatic N) is 1. The molecular formula is C13H17NO4. The number of aliphatic carboxylic acids is 1. The number of carboxylic acid groups (broad SMARTS) is 1. The number of hydrogen-bond donors (Lipinski definition) is 1. The fourth-order valence-corrected chi connectivity index (χ4v) is 2.81. The van der Waals surface area contributed by atoms with E-state index >= 15 is 0 Å². The number of rotatable bonds is 4. The minimum atomic E-state index is -0.976. The second-order valence-electron chi connectivity index (χ2n) is 4.86. The van der Waals surface area contributed by atoms with Gasteiger partial charge in [0.15, 0.2) is 0 Å². The maximum atomic E-state index is 12.2. The first-order chi connectivity index (χ1) is 8.56. The lowest BCUT2D eigenvalue weighted by Gasteiger charge is -2.24. The summed E-state index contributed by atoms with van der Waals surface area (Å²) >= 11 is 0. The summed E-state index contributed by atoms with van der Waals surface area (Å²) in [7, 11) is 0. The summed E-state index contributed by atoms with van der Waals surface area (Å²) in [6.45, 7) is 1.80. The molecule has 1 saturated heterocycles. The molecule has 3 unspecified atom stereocenters. The summed E-state index contributed by atoms with van der Waals surface area (Å²) in [4.78, 5) is 36.4. The number of carbonyl (C=O) groups is 3. The van der Waals surface area contributed by atoms with Gasteiger partial charge >= 0.3 is 5.97 Å². The number of fused-ring (bicyclic) bond motifs is 1. The largest absolute Gasteiger partial charge is 0.481 e. The van der Waals surface area contributed by atoms with Gasteiger partial charge < -0.3 is 5.11 Å². The van der Waals surface area contributed by atoms with Gasteiger partial charge in [-0.15, -0.1) is 0 Å². The first-order valence-electron chi connectivity index (χ1n) is 6.30. The Morgan fingerprint density at radius 1 is 1.33 bits per heavy atom. The van der Waals surface area contributed by atoms with Crippen molar-refractivity contribution in [3.05, 3.63) is 12.2 Å². The SMILES string of the molecule is CCC(CC(=O)O)N1C(=O)C2CC=CCC2C1=O. The van der Waals surface area contributed by atoms with Crippen molar-refractivity contribution in [1.82, 2.24) is 4.90 Å². The van der Waals surface area contributed by atoms with E-state index in [0.29, 0.717) is 19.3 Å². The molecule has 1 N–H and O–H groups in total. The smallest absolute Gasteiger partial charge is 0.305 e. The molecule has 18 heavy (non-hydrogen) atoms. The first-order valence-corrected chi connectivity index (χ1v) is 6.30. The van der Waals surface area contributed by atoms with Crippen LogP contribution in [0.1, 0.15) is 32.6 Å². The molecule has 5 heteroatoms. The van der Waals surface area contributed by atoms with E-state index in [9.17, 15) is 14.4 Å². The van der Waals surface area contributed by atoms with Crippen molar-refractivity contribution in [2.45, 2.75) is 38.6 Å². The van der Waals surface area contributed by atoms with Crippen LogP contribution in [0.25, 0.3) is 0 Å². The third-order valence-corrected chi connectivity index (χ3v) is 3.79. The highest BCUT2D eigenvalue weighted by Crippen LogP contribution is 2.36. The van der Waals surface area contributed by atoms with Crippen molar-refractivity contribution < 1.29 is 19.5 Å². The lowest BCUT2D eigenvalue weighted by Crippen LogP contribution is -2.41. The molecule has 0 saturated carbocycles. The fraction of sp³-hybridized carbons (Fsp3) is 0.615. The Hall–Kier alpha value is -1.65. The number of carbonyl (C=O) groups excluding carboxylic acids is 2. The molecule has 3 atom stereocenters. The molecule has 1 aliphatic carbocycles. The van der Waals surface area contributed by atoms with Crippen LogP contribution in [0.2, 0.25) is 0 Å². The summed E-state index contributed by atoms with van der Waals surface area (Å²) < 4.78 is 0. The molecule has 5 nitrogen and oxygen atoms in total. The third-order valence-electron chi connectivity index (χ3n) is 3.79. The minimum absolute atomic E-state index is 0.166. The summed E-state index contributed by atoms with van der Waals surface area (Å²) in [5.74, 6) is -1.91. The lowest BCUT2D eigenvalue weighted by molar-refractivity contribution is -0.145. The van der Waals surface area contributed by atoms with Crippen molar-refractivity contribution in [3.63, 3.8) is 0 Å². The lowest BCUT2D eigenvalue weighted by atomic mass is 9.85. The van der Waals surface area contributed by atoms with Gasteiger partial charge in [0.05, 0.1) is 18.3 Å². The standard InChI is InChI=1S/C13H17NO4/c1-2-8(7-11(15)16)14-12(17)9-5-3-4-6-10(9)13(14)18/h3-4,8-10H,2,5-7H2,1H3,(H,15,16). The van der Waals surface area contributed by atoms with Crippen molar-refractivity contribution in [2.75, 3.05) is 0 Å². The number of hydrogen-bond acceptors (Lipinski definition) is 3.